The van der Waals surface area contributed by atoms with E-state index in [0.29, 0.717) is 10.8 Å². The molecule has 5 aromatic rings. The summed E-state index contributed by atoms with van der Waals surface area (Å²) in [7, 11) is 0. The van der Waals surface area contributed by atoms with Crippen molar-refractivity contribution in [3.8, 4) is 11.5 Å². The summed E-state index contributed by atoms with van der Waals surface area (Å²) >= 11 is 0. The summed E-state index contributed by atoms with van der Waals surface area (Å²) in [5.41, 5.74) is -1.19. The predicted molar refractivity (Wildman–Crippen MR) is 124 cm³/mol. The van der Waals surface area contributed by atoms with Crippen LogP contribution in [0.25, 0.3) is 21.5 Å². The number of carbonyl (C=O) groups excluding carboxylic acids is 2. The van der Waals surface area contributed by atoms with Crippen molar-refractivity contribution < 1.29 is 36.6 Å². The second-order valence-corrected chi connectivity index (χ2v) is 7.79. The van der Waals surface area contributed by atoms with Crippen LogP contribution >= 0.6 is 0 Å². The molecule has 5 rings (SSSR count). The van der Waals surface area contributed by atoms with Crippen molar-refractivity contribution in [1.82, 2.24) is 0 Å². The van der Waals surface area contributed by atoms with Crippen molar-refractivity contribution in [3.63, 3.8) is 0 Å². The highest BCUT2D eigenvalue weighted by Crippen LogP contribution is 2.37. The summed E-state index contributed by atoms with van der Waals surface area (Å²) in [5, 5.41) is 2.12. The number of ether oxygens (including phenoxy) is 2. The average Bonchev–Trinajstić information content (AvgIpc) is 2.87. The van der Waals surface area contributed by atoms with E-state index in [1.54, 1.807) is 36.4 Å². The summed E-state index contributed by atoms with van der Waals surface area (Å²) in [6.07, 6.45) is 0. The van der Waals surface area contributed by atoms with Gasteiger partial charge in [0.05, 0.1) is 11.1 Å². The third-order valence-corrected chi connectivity index (χ3v) is 5.55. The Kier molecular flexibility index (Phi) is 5.85. The Morgan fingerprint density at radius 3 is 1.36 bits per heavy atom. The van der Waals surface area contributed by atoms with Gasteiger partial charge in [-0.05, 0) is 59.3 Å². The Hall–Kier alpha value is -4.72. The van der Waals surface area contributed by atoms with Crippen molar-refractivity contribution in [2.75, 3.05) is 0 Å². The van der Waals surface area contributed by atoms with E-state index >= 15 is 0 Å². The zero-order valence-electron chi connectivity index (χ0n) is 18.2. The maximum absolute atomic E-state index is 14.1. The number of esters is 2. The van der Waals surface area contributed by atoms with Crippen LogP contribution in [0.4, 0.5) is 17.6 Å². The number of benzene rings is 5. The predicted octanol–water partition coefficient (Wildman–Crippen LogP) is 6.99. The van der Waals surface area contributed by atoms with Gasteiger partial charge in [-0.1, -0.05) is 36.4 Å². The van der Waals surface area contributed by atoms with Gasteiger partial charge in [0.2, 0.25) is 0 Å². The van der Waals surface area contributed by atoms with Crippen LogP contribution in [-0.4, -0.2) is 11.9 Å². The molecule has 4 nitrogen and oxygen atoms in total. The van der Waals surface area contributed by atoms with Crippen molar-refractivity contribution in [1.29, 1.82) is 0 Å². The molecule has 0 radical (unpaired) electrons. The third kappa shape index (κ3) is 4.13. The Morgan fingerprint density at radius 1 is 0.528 bits per heavy atom. The summed E-state index contributed by atoms with van der Waals surface area (Å²) in [6.45, 7) is 0. The number of hydrogen-bond acceptors (Lipinski definition) is 4. The molecule has 0 aliphatic rings. The molecule has 0 saturated heterocycles. The highest BCUT2D eigenvalue weighted by molar-refractivity contribution is 6.06. The lowest BCUT2D eigenvalue weighted by molar-refractivity contribution is 0.0716. The first-order chi connectivity index (χ1) is 17.3. The van der Waals surface area contributed by atoms with Gasteiger partial charge in [-0.2, -0.15) is 0 Å². The topological polar surface area (TPSA) is 52.6 Å². The molecule has 0 fully saturated rings. The minimum absolute atomic E-state index is 0.0128. The highest BCUT2D eigenvalue weighted by atomic mass is 19.2. The van der Waals surface area contributed by atoms with E-state index in [0.717, 1.165) is 35.0 Å². The molecule has 0 aliphatic heterocycles. The molecule has 5 aromatic carbocycles. The van der Waals surface area contributed by atoms with Crippen LogP contribution < -0.4 is 9.47 Å². The number of hydrogen-bond donors (Lipinski definition) is 0. The molecule has 0 heterocycles. The zero-order chi connectivity index (χ0) is 25.4. The molecule has 0 aromatic heterocycles. The number of carbonyl (C=O) groups is 2. The second kappa shape index (κ2) is 9.14. The summed E-state index contributed by atoms with van der Waals surface area (Å²) in [5.74, 6) is -7.39. The van der Waals surface area contributed by atoms with Gasteiger partial charge in [0, 0.05) is 10.8 Å². The average molecular weight is 490 g/mol. The van der Waals surface area contributed by atoms with Crippen molar-refractivity contribution in [2.45, 2.75) is 0 Å². The molecule has 178 valence electrons. The maximum atomic E-state index is 14.1. The first-order valence-corrected chi connectivity index (χ1v) is 10.6. The lowest BCUT2D eigenvalue weighted by Crippen LogP contribution is -2.13. The number of rotatable bonds is 4. The minimum atomic E-state index is -1.35. The van der Waals surface area contributed by atoms with Gasteiger partial charge in [0.25, 0.3) is 0 Å². The van der Waals surface area contributed by atoms with Crippen LogP contribution in [0.1, 0.15) is 20.7 Å². The zero-order valence-corrected chi connectivity index (χ0v) is 18.2. The molecule has 0 amide bonds. The fourth-order valence-electron chi connectivity index (χ4n) is 3.79. The molecule has 0 N–H and O–H groups in total. The molecule has 0 saturated carbocycles. The van der Waals surface area contributed by atoms with Crippen LogP contribution in [0.3, 0.4) is 0 Å². The summed E-state index contributed by atoms with van der Waals surface area (Å²) in [4.78, 5) is 25.2. The monoisotopic (exact) mass is 490 g/mol. The molecule has 36 heavy (non-hydrogen) atoms. The van der Waals surface area contributed by atoms with E-state index in [9.17, 15) is 27.2 Å². The van der Waals surface area contributed by atoms with Crippen LogP contribution in [0.2, 0.25) is 0 Å². The Balaban J connectivity index is 1.60. The standard InChI is InChI=1S/C28H14F4O4/c29-21-9-3-7-17(25(21)31)27(33)35-23-11-12-24(36-28(34)18-8-4-10-22(30)26(18)32)20-14-16-6-2-1-5-15(16)13-19(20)23/h1-14H. The molecular formula is C28H14F4O4. The molecule has 0 spiro atoms. The van der Waals surface area contributed by atoms with E-state index in [2.05, 4.69) is 0 Å². The second-order valence-electron chi connectivity index (χ2n) is 7.79. The highest BCUT2D eigenvalue weighted by Gasteiger charge is 2.22. The van der Waals surface area contributed by atoms with Gasteiger partial charge < -0.3 is 9.47 Å². The summed E-state index contributed by atoms with van der Waals surface area (Å²) < 4.78 is 66.2. The van der Waals surface area contributed by atoms with E-state index in [4.69, 9.17) is 9.47 Å². The van der Waals surface area contributed by atoms with E-state index in [-0.39, 0.29) is 11.5 Å². The van der Waals surface area contributed by atoms with Gasteiger partial charge >= 0.3 is 11.9 Å². The largest absolute Gasteiger partial charge is 0.422 e. The number of fused-ring (bicyclic) bond motifs is 2. The molecule has 8 heteroatoms. The first kappa shape index (κ1) is 23.0. The summed E-state index contributed by atoms with van der Waals surface area (Å²) in [6, 6.07) is 19.4. The minimum Gasteiger partial charge on any atom is -0.422 e. The van der Waals surface area contributed by atoms with Gasteiger partial charge in [-0.3, -0.25) is 0 Å². The molecule has 0 unspecified atom stereocenters. The molecule has 0 aliphatic carbocycles. The van der Waals surface area contributed by atoms with E-state index in [1.807, 2.05) is 0 Å². The van der Waals surface area contributed by atoms with Crippen LogP contribution in [-0.2, 0) is 0 Å². The van der Waals surface area contributed by atoms with E-state index < -0.39 is 46.3 Å². The molecular weight excluding hydrogens is 476 g/mol. The van der Waals surface area contributed by atoms with Crippen molar-refractivity contribution >= 4 is 33.5 Å². The normalized spacial score (nSPS) is 11.0. The Morgan fingerprint density at radius 2 is 0.944 bits per heavy atom. The van der Waals surface area contributed by atoms with Crippen LogP contribution in [0, 0.1) is 23.3 Å². The fourth-order valence-corrected chi connectivity index (χ4v) is 3.79. The molecule has 0 bridgehead atoms. The SMILES string of the molecule is O=C(Oc1ccc(OC(=O)c2cccc(F)c2F)c2cc3ccccc3cc12)c1cccc(F)c1F. The van der Waals surface area contributed by atoms with Gasteiger partial charge in [-0.15, -0.1) is 0 Å². The Labute approximate surface area is 201 Å². The maximum Gasteiger partial charge on any atom is 0.346 e. The quantitative estimate of drug-likeness (QED) is 0.118. The lowest BCUT2D eigenvalue weighted by Gasteiger charge is -2.14. The number of halogens is 4. The van der Waals surface area contributed by atoms with E-state index in [1.165, 1.54) is 24.3 Å². The molecule has 0 atom stereocenters. The van der Waals surface area contributed by atoms with Crippen LogP contribution in [0.5, 0.6) is 11.5 Å². The Bertz CT molecular complexity index is 1560. The van der Waals surface area contributed by atoms with Gasteiger partial charge in [0.15, 0.2) is 23.3 Å². The first-order valence-electron chi connectivity index (χ1n) is 10.6. The van der Waals surface area contributed by atoms with Gasteiger partial charge in [0.1, 0.15) is 11.5 Å². The van der Waals surface area contributed by atoms with Gasteiger partial charge in [-0.25, -0.2) is 27.2 Å². The van der Waals surface area contributed by atoms with Crippen LogP contribution in [0.15, 0.2) is 84.9 Å². The van der Waals surface area contributed by atoms with Crippen molar-refractivity contribution in [2.24, 2.45) is 0 Å². The fraction of sp³-hybridized carbons (Fsp3) is 0. The third-order valence-electron chi connectivity index (χ3n) is 5.55. The smallest absolute Gasteiger partial charge is 0.346 e. The van der Waals surface area contributed by atoms with Crippen molar-refractivity contribution in [3.05, 3.63) is 119 Å². The lowest BCUT2D eigenvalue weighted by atomic mass is 10.0.